The summed E-state index contributed by atoms with van der Waals surface area (Å²) in [6, 6.07) is 0. The highest BCUT2D eigenvalue weighted by Gasteiger charge is 2.22. The van der Waals surface area contributed by atoms with Gasteiger partial charge in [0.1, 0.15) is 0 Å². The van der Waals surface area contributed by atoms with Gasteiger partial charge in [-0.05, 0) is 85.2 Å². The van der Waals surface area contributed by atoms with Crippen molar-refractivity contribution in [3.05, 3.63) is 0 Å². The molecule has 2 atom stereocenters. The first kappa shape index (κ1) is 46.4. The van der Waals surface area contributed by atoms with Crippen LogP contribution in [0.2, 0.25) is 0 Å². The number of hydrogen-bond donors (Lipinski definition) is 0. The van der Waals surface area contributed by atoms with E-state index in [0.717, 1.165) is 15.7 Å². The largest absolute Gasteiger partial charge is 0.161 e. The molecule has 0 fully saturated rings. The fourth-order valence-corrected chi connectivity index (χ4v) is 12.2. The molecule has 0 heterocycles. The molecular formula is C30H68S7. The van der Waals surface area contributed by atoms with Gasteiger partial charge in [0.25, 0.3) is 0 Å². The van der Waals surface area contributed by atoms with Gasteiger partial charge in [0, 0.05) is 38.8 Å². The summed E-state index contributed by atoms with van der Waals surface area (Å²) >= 11 is 15.3. The van der Waals surface area contributed by atoms with Crippen LogP contribution in [0.25, 0.3) is 0 Å². The van der Waals surface area contributed by atoms with Crippen molar-refractivity contribution in [3.8, 4) is 0 Å². The van der Waals surface area contributed by atoms with Crippen LogP contribution in [0.1, 0.15) is 108 Å². The van der Waals surface area contributed by atoms with E-state index < -0.39 is 0 Å². The van der Waals surface area contributed by atoms with Gasteiger partial charge in [-0.25, -0.2) is 0 Å². The molecule has 0 aliphatic carbocycles. The van der Waals surface area contributed by atoms with Gasteiger partial charge in [0.15, 0.2) is 0 Å². The first-order chi connectivity index (χ1) is 17.1. The lowest BCUT2D eigenvalue weighted by Crippen LogP contribution is -2.26. The van der Waals surface area contributed by atoms with Crippen LogP contribution in [-0.2, 0) is 0 Å². The van der Waals surface area contributed by atoms with Crippen molar-refractivity contribution in [3.63, 3.8) is 0 Å². The third-order valence-electron chi connectivity index (χ3n) is 4.61. The Balaban J connectivity index is -0.000000289. The maximum absolute atomic E-state index is 2.31. The van der Waals surface area contributed by atoms with Crippen molar-refractivity contribution < 1.29 is 0 Å². The molecule has 0 aromatic heterocycles. The lowest BCUT2D eigenvalue weighted by atomic mass is 10.3. The quantitative estimate of drug-likeness (QED) is 0.0842. The highest BCUT2D eigenvalue weighted by atomic mass is 32.2. The highest BCUT2D eigenvalue weighted by Crippen LogP contribution is 2.31. The molecule has 37 heavy (non-hydrogen) atoms. The minimum absolute atomic E-state index is 0. The van der Waals surface area contributed by atoms with E-state index in [1.54, 1.807) is 0 Å². The number of rotatable bonds is 26. The summed E-state index contributed by atoms with van der Waals surface area (Å²) in [4.78, 5) is 0. The lowest BCUT2D eigenvalue weighted by molar-refractivity contribution is 0.932. The maximum atomic E-state index is 2.31. The third-order valence-corrected chi connectivity index (χ3v) is 15.5. The Morgan fingerprint density at radius 1 is 0.351 bits per heavy atom. The van der Waals surface area contributed by atoms with Crippen LogP contribution in [0.5, 0.6) is 0 Å². The first-order valence-electron chi connectivity index (χ1n) is 14.3. The molecule has 0 radical (unpaired) electrons. The third kappa shape index (κ3) is 34.6. The van der Waals surface area contributed by atoms with E-state index in [4.69, 9.17) is 0 Å². The predicted molar refractivity (Wildman–Crippen MR) is 204 cm³/mol. The van der Waals surface area contributed by atoms with Crippen molar-refractivity contribution >= 4 is 82.3 Å². The molecule has 0 spiro atoms. The van der Waals surface area contributed by atoms with Crippen molar-refractivity contribution in [2.45, 2.75) is 124 Å². The zero-order valence-corrected chi connectivity index (χ0v) is 30.0. The zero-order valence-electron chi connectivity index (χ0n) is 24.3. The van der Waals surface area contributed by atoms with E-state index in [-0.39, 0.29) is 14.9 Å². The summed E-state index contributed by atoms with van der Waals surface area (Å²) in [5.74, 6) is 14.8. The molecule has 0 nitrogen and oxygen atoms in total. The van der Waals surface area contributed by atoms with Crippen LogP contribution < -0.4 is 0 Å². The minimum atomic E-state index is 0. The van der Waals surface area contributed by atoms with Crippen LogP contribution in [0.15, 0.2) is 0 Å². The molecule has 0 aliphatic rings. The Kier molecular flexibility index (Phi) is 50.9. The summed E-state index contributed by atoms with van der Waals surface area (Å²) in [6.45, 7) is 16.0. The molecule has 7 heteroatoms. The fraction of sp³-hybridized carbons (Fsp3) is 1.00. The molecule has 0 saturated carbocycles. The van der Waals surface area contributed by atoms with Crippen LogP contribution >= 0.6 is 82.3 Å². The van der Waals surface area contributed by atoms with Crippen molar-refractivity contribution in [2.24, 2.45) is 0 Å². The first-order valence-corrected chi connectivity index (χ1v) is 22.1. The van der Waals surface area contributed by atoms with E-state index in [1.807, 2.05) is 0 Å². The molecule has 0 aromatic rings. The molecule has 0 rings (SSSR count). The van der Waals surface area contributed by atoms with Gasteiger partial charge in [-0.2, -0.15) is 82.3 Å². The van der Waals surface area contributed by atoms with Gasteiger partial charge in [-0.15, -0.1) is 0 Å². The molecule has 0 bridgehead atoms. The molecule has 0 amide bonds. The van der Waals surface area contributed by atoms with Crippen LogP contribution in [0.3, 0.4) is 0 Å². The fourth-order valence-electron chi connectivity index (χ4n) is 2.90. The average Bonchev–Trinajstić information content (AvgIpc) is 2.87. The van der Waals surface area contributed by atoms with Gasteiger partial charge in [0.05, 0.1) is 0 Å². The minimum Gasteiger partial charge on any atom is -0.161 e. The SMILES string of the molecule is C.C.CCCSCC(CSCCC)SCCC.CCCSCC(SCCC)C(CSCCC)SCCC. The van der Waals surface area contributed by atoms with Crippen LogP contribution in [-0.4, -0.2) is 79.0 Å². The standard InChI is InChI=1S/C16H34S4.C12H26S3.2CH4/c1-5-9-17-13-15(19-11-7-3)16(20-12-8-4)14-18-10-6-2;1-4-7-13-10-12(15-9-6-3)11-14-8-5-2;;/h15-16H,5-14H2,1-4H3;12H,4-11H2,1-3H3;2*1H4. The van der Waals surface area contributed by atoms with E-state index in [2.05, 4.69) is 131 Å². The summed E-state index contributed by atoms with van der Waals surface area (Å²) < 4.78 is 0. The lowest BCUT2D eigenvalue weighted by Gasteiger charge is -2.26. The second-order valence-electron chi connectivity index (χ2n) is 8.61. The van der Waals surface area contributed by atoms with Crippen molar-refractivity contribution in [1.82, 2.24) is 0 Å². The van der Waals surface area contributed by atoms with E-state index in [0.29, 0.717) is 0 Å². The van der Waals surface area contributed by atoms with Gasteiger partial charge < -0.3 is 0 Å². The Hall–Kier alpha value is 2.45. The number of hydrogen-bond acceptors (Lipinski definition) is 7. The summed E-state index contributed by atoms with van der Waals surface area (Å²) in [6.07, 6.45) is 9.20. The van der Waals surface area contributed by atoms with Gasteiger partial charge in [-0.3, -0.25) is 0 Å². The zero-order chi connectivity index (χ0) is 26.4. The maximum Gasteiger partial charge on any atom is 0.0265 e. The van der Waals surface area contributed by atoms with Gasteiger partial charge in [-0.1, -0.05) is 63.3 Å². The van der Waals surface area contributed by atoms with Gasteiger partial charge >= 0.3 is 0 Å². The van der Waals surface area contributed by atoms with Crippen molar-refractivity contribution in [1.29, 1.82) is 0 Å². The second-order valence-corrected chi connectivity index (χ2v) is 17.3. The molecule has 0 aliphatic heterocycles. The molecular weight excluding hydrogens is 585 g/mol. The van der Waals surface area contributed by atoms with Gasteiger partial charge in [0.2, 0.25) is 0 Å². The van der Waals surface area contributed by atoms with Crippen LogP contribution in [0.4, 0.5) is 0 Å². The second kappa shape index (κ2) is 40.6. The summed E-state index contributed by atoms with van der Waals surface area (Å²) in [5.41, 5.74) is 0. The number of thioether (sulfide) groups is 7. The predicted octanol–water partition coefficient (Wildman–Crippen LogP) is 12.4. The smallest absolute Gasteiger partial charge is 0.0265 e. The average molecular weight is 653 g/mol. The molecule has 2 unspecified atom stereocenters. The van der Waals surface area contributed by atoms with E-state index >= 15 is 0 Å². The Morgan fingerprint density at radius 3 is 0.919 bits per heavy atom. The van der Waals surface area contributed by atoms with Crippen molar-refractivity contribution in [2.75, 3.05) is 63.3 Å². The Bertz CT molecular complexity index is 342. The summed E-state index contributed by atoms with van der Waals surface area (Å²) in [5, 5.41) is 2.60. The molecule has 230 valence electrons. The van der Waals surface area contributed by atoms with Crippen LogP contribution in [0, 0.1) is 0 Å². The highest BCUT2D eigenvalue weighted by molar-refractivity contribution is 8.07. The normalized spacial score (nSPS) is 12.3. The topological polar surface area (TPSA) is 0 Å². The monoisotopic (exact) mass is 652 g/mol. The van der Waals surface area contributed by atoms with E-state index in [1.165, 1.54) is 108 Å². The Labute approximate surface area is 267 Å². The van der Waals surface area contributed by atoms with E-state index in [9.17, 15) is 0 Å². The molecule has 0 N–H and O–H groups in total. The molecule has 0 saturated heterocycles. The summed E-state index contributed by atoms with van der Waals surface area (Å²) in [7, 11) is 0. The molecule has 0 aromatic carbocycles. The Morgan fingerprint density at radius 2 is 0.622 bits per heavy atom.